The summed E-state index contributed by atoms with van der Waals surface area (Å²) < 4.78 is 0. The number of carbonyl (C=O) groups excluding carboxylic acids is 3. The predicted octanol–water partition coefficient (Wildman–Crippen LogP) is 5.23. The van der Waals surface area contributed by atoms with Crippen molar-refractivity contribution in [1.82, 2.24) is 5.43 Å². The van der Waals surface area contributed by atoms with Gasteiger partial charge in [-0.15, -0.1) is 0 Å². The number of nitrogens with zero attached hydrogens (tertiary/aromatic N) is 2. The Morgan fingerprint density at radius 2 is 1.39 bits per heavy atom. The lowest BCUT2D eigenvalue weighted by Gasteiger charge is -2.52. The van der Waals surface area contributed by atoms with Crippen LogP contribution in [0.2, 0.25) is 0 Å². The summed E-state index contributed by atoms with van der Waals surface area (Å²) in [6, 6.07) is 37.7. The minimum Gasteiger partial charge on any atom is -0.378 e. The lowest BCUT2D eigenvalue weighted by atomic mass is 9.47. The molecule has 1 fully saturated rings. The van der Waals surface area contributed by atoms with E-state index < -0.39 is 29.3 Å². The van der Waals surface area contributed by atoms with Gasteiger partial charge in [-0.25, -0.2) is 10.3 Å². The first-order chi connectivity index (χ1) is 21.5. The summed E-state index contributed by atoms with van der Waals surface area (Å²) >= 11 is 0. The van der Waals surface area contributed by atoms with Crippen LogP contribution in [-0.4, -0.2) is 29.0 Å². The van der Waals surface area contributed by atoms with Crippen LogP contribution in [0.3, 0.4) is 0 Å². The number of imide groups is 1. The molecule has 9 rings (SSSR count). The highest BCUT2D eigenvalue weighted by Crippen LogP contribution is 2.63. The molecule has 5 aromatic rings. The molecule has 44 heavy (non-hydrogen) atoms. The normalized spacial score (nSPS) is 23.8. The zero-order valence-electron chi connectivity index (χ0n) is 23.5. The Labute approximate surface area is 253 Å². The third-order valence-corrected chi connectivity index (χ3v) is 9.50. The van der Waals surface area contributed by atoms with Crippen molar-refractivity contribution >= 4 is 40.4 Å². The number of hydrazone groups is 1. The maximum Gasteiger partial charge on any atom is 0.273 e. The summed E-state index contributed by atoms with van der Waals surface area (Å²) in [6.45, 7) is 0. The van der Waals surface area contributed by atoms with E-state index in [0.717, 1.165) is 33.0 Å². The fourth-order valence-electron chi connectivity index (χ4n) is 7.74. The number of carbonyl (C=O) groups is 3. The van der Waals surface area contributed by atoms with Crippen LogP contribution in [-0.2, 0) is 19.8 Å². The van der Waals surface area contributed by atoms with Gasteiger partial charge in [0.15, 0.2) is 6.10 Å². The van der Waals surface area contributed by atoms with Crippen molar-refractivity contribution in [1.29, 1.82) is 0 Å². The van der Waals surface area contributed by atoms with Crippen molar-refractivity contribution in [2.75, 3.05) is 4.90 Å². The van der Waals surface area contributed by atoms with Crippen LogP contribution in [0.25, 0.3) is 10.8 Å². The first-order valence-corrected chi connectivity index (χ1v) is 14.6. The van der Waals surface area contributed by atoms with Gasteiger partial charge < -0.3 is 5.11 Å². The van der Waals surface area contributed by atoms with Gasteiger partial charge in [-0.3, -0.25) is 14.4 Å². The van der Waals surface area contributed by atoms with Gasteiger partial charge in [-0.1, -0.05) is 115 Å². The van der Waals surface area contributed by atoms with E-state index in [4.69, 9.17) is 0 Å². The Morgan fingerprint density at radius 1 is 0.773 bits per heavy atom. The Hall–Kier alpha value is -5.40. The van der Waals surface area contributed by atoms with Gasteiger partial charge in [0.2, 0.25) is 11.8 Å². The average Bonchev–Trinajstić information content (AvgIpc) is 3.34. The topological polar surface area (TPSA) is 99.1 Å². The molecule has 2 N–H and O–H groups in total. The van der Waals surface area contributed by atoms with E-state index in [1.54, 1.807) is 36.5 Å². The molecule has 2 bridgehead atoms. The molecule has 5 aromatic carbocycles. The highest BCUT2D eigenvalue weighted by Gasteiger charge is 2.68. The van der Waals surface area contributed by atoms with E-state index in [2.05, 4.69) is 10.5 Å². The largest absolute Gasteiger partial charge is 0.378 e. The smallest absolute Gasteiger partial charge is 0.273 e. The van der Waals surface area contributed by atoms with Gasteiger partial charge in [0.1, 0.15) is 0 Å². The summed E-state index contributed by atoms with van der Waals surface area (Å²) in [5, 5.41) is 16.8. The maximum absolute atomic E-state index is 14.7. The van der Waals surface area contributed by atoms with Gasteiger partial charge in [-0.05, 0) is 39.3 Å². The van der Waals surface area contributed by atoms with Crippen molar-refractivity contribution in [3.05, 3.63) is 149 Å². The third kappa shape index (κ3) is 3.53. The highest BCUT2D eigenvalue weighted by molar-refractivity contribution is 6.27. The third-order valence-electron chi connectivity index (χ3n) is 9.50. The number of amides is 3. The molecule has 0 radical (unpaired) electrons. The molecule has 0 spiro atoms. The van der Waals surface area contributed by atoms with Crippen molar-refractivity contribution in [3.63, 3.8) is 0 Å². The minimum atomic E-state index is -1.42. The van der Waals surface area contributed by atoms with Crippen LogP contribution in [0.5, 0.6) is 0 Å². The molecule has 214 valence electrons. The molecule has 0 aromatic heterocycles. The van der Waals surface area contributed by atoms with Gasteiger partial charge in [0, 0.05) is 17.5 Å². The molecule has 0 unspecified atom stereocenters. The number of aliphatic hydroxyl groups is 1. The van der Waals surface area contributed by atoms with Gasteiger partial charge in [-0.2, -0.15) is 5.10 Å². The number of rotatable bonds is 5. The number of aliphatic hydroxyl groups excluding tert-OH is 1. The second-order valence-electron chi connectivity index (χ2n) is 11.6. The molecular weight excluding hydrogens is 550 g/mol. The molecule has 3 atom stereocenters. The van der Waals surface area contributed by atoms with E-state index in [9.17, 15) is 19.5 Å². The monoisotopic (exact) mass is 577 g/mol. The highest BCUT2D eigenvalue weighted by atomic mass is 16.3. The van der Waals surface area contributed by atoms with Crippen molar-refractivity contribution in [3.8, 4) is 0 Å². The van der Waals surface area contributed by atoms with E-state index in [1.807, 2.05) is 91.0 Å². The summed E-state index contributed by atoms with van der Waals surface area (Å²) in [5.74, 6) is -3.00. The van der Waals surface area contributed by atoms with Crippen molar-refractivity contribution in [2.24, 2.45) is 16.9 Å². The summed E-state index contributed by atoms with van der Waals surface area (Å²) in [7, 11) is 0. The van der Waals surface area contributed by atoms with Crippen LogP contribution in [0.4, 0.5) is 5.69 Å². The summed E-state index contributed by atoms with van der Waals surface area (Å²) in [6.07, 6.45) is 0.183. The average molecular weight is 578 g/mol. The number of benzene rings is 5. The quantitative estimate of drug-likeness (QED) is 0.170. The number of hydrogen-bond donors (Lipinski definition) is 2. The summed E-state index contributed by atoms with van der Waals surface area (Å²) in [5.41, 5.74) is 6.08. The Balaban J connectivity index is 1.29. The zero-order chi connectivity index (χ0) is 30.0. The lowest BCUT2D eigenvalue weighted by molar-refractivity contribution is -0.129. The predicted molar refractivity (Wildman–Crippen MR) is 167 cm³/mol. The van der Waals surface area contributed by atoms with E-state index in [-0.39, 0.29) is 17.7 Å². The van der Waals surface area contributed by atoms with Crippen LogP contribution >= 0.6 is 0 Å². The van der Waals surface area contributed by atoms with E-state index in [1.165, 1.54) is 4.90 Å². The van der Waals surface area contributed by atoms with Crippen LogP contribution < -0.4 is 10.3 Å². The first kappa shape index (κ1) is 26.2. The number of hydrogen-bond acceptors (Lipinski definition) is 5. The Morgan fingerprint density at radius 3 is 2.11 bits per heavy atom. The molecular formula is C37H27N3O4. The second kappa shape index (κ2) is 9.82. The molecule has 4 aliphatic rings. The molecule has 7 heteroatoms. The number of fused-ring (bicyclic) bond motifs is 1. The fraction of sp³-hybridized carbons (Fsp3) is 0.135. The molecule has 7 nitrogen and oxygen atoms in total. The first-order valence-electron chi connectivity index (χ1n) is 14.6. The van der Waals surface area contributed by atoms with Gasteiger partial charge >= 0.3 is 0 Å². The standard InChI is InChI=1S/C37H27N3O4/c41-33(23-12-2-1-3-13-23)34(42)39-38-21-37-27-18-8-6-16-25(27)30(26-17-7-9-19-28(26)37)31-32(37)36(44)40(35(31)43)29-20-10-14-22-11-4-5-15-24(22)29/h1-21,30-33,41H,(H,39,42)/b38-21-/t30?,31-,32+,33+,37?/m0/s1. The Kier molecular flexibility index (Phi) is 5.86. The second-order valence-corrected chi connectivity index (χ2v) is 11.6. The lowest BCUT2D eigenvalue weighted by Crippen LogP contribution is -2.54. The van der Waals surface area contributed by atoms with E-state index >= 15 is 0 Å². The maximum atomic E-state index is 14.7. The number of anilines is 1. The molecule has 1 aliphatic heterocycles. The van der Waals surface area contributed by atoms with Crippen LogP contribution in [0, 0.1) is 11.8 Å². The fourth-order valence-corrected chi connectivity index (χ4v) is 7.74. The molecule has 1 heterocycles. The van der Waals surface area contributed by atoms with Crippen molar-refractivity contribution < 1.29 is 19.5 Å². The SMILES string of the molecule is O=C(N/N=C\C12c3ccccc3C(c3ccccc31)[C@@H]1C(=O)N(c3cccc4ccccc34)C(=O)[C@@H]12)[C@H](O)c1ccccc1. The Bertz CT molecular complexity index is 1970. The molecule has 3 amide bonds. The van der Waals surface area contributed by atoms with Gasteiger partial charge in [0.25, 0.3) is 5.91 Å². The molecule has 0 saturated carbocycles. The van der Waals surface area contributed by atoms with Crippen molar-refractivity contribution in [2.45, 2.75) is 17.4 Å². The molecule has 3 aliphatic carbocycles. The van der Waals surface area contributed by atoms with Crippen LogP contribution in [0.1, 0.15) is 39.8 Å². The van der Waals surface area contributed by atoms with Gasteiger partial charge in [0.05, 0.1) is 22.9 Å². The minimum absolute atomic E-state index is 0.244. The number of nitrogens with one attached hydrogen (secondary N) is 1. The molecule has 1 saturated heterocycles. The van der Waals surface area contributed by atoms with E-state index in [0.29, 0.717) is 11.3 Å². The summed E-state index contributed by atoms with van der Waals surface area (Å²) in [4.78, 5) is 43.6. The van der Waals surface area contributed by atoms with Crippen LogP contribution in [0.15, 0.2) is 126 Å². The zero-order valence-corrected chi connectivity index (χ0v) is 23.5.